The largest absolute Gasteiger partial charge is 0.462 e. The Morgan fingerprint density at radius 2 is 1.55 bits per heavy atom. The van der Waals surface area contributed by atoms with Crippen LogP contribution in [-0.4, -0.2) is 18.4 Å². The van der Waals surface area contributed by atoms with Crippen LogP contribution in [0, 0.1) is 0 Å². The second-order valence-corrected chi connectivity index (χ2v) is 5.06. The second-order valence-electron chi connectivity index (χ2n) is 5.06. The fourth-order valence-electron chi connectivity index (χ4n) is 1.96. The molecule has 0 unspecified atom stereocenters. The molecule has 2 rings (SSSR count). The van der Waals surface area contributed by atoms with Crippen molar-refractivity contribution in [3.63, 3.8) is 0 Å². The lowest BCUT2D eigenvalue weighted by Gasteiger charge is -2.06. The van der Waals surface area contributed by atoms with Gasteiger partial charge < -0.3 is 4.74 Å². The third-order valence-electron chi connectivity index (χ3n) is 3.22. The maximum atomic E-state index is 12.3. The third kappa shape index (κ3) is 4.16. The molecule has 0 atom stereocenters. The molecule has 0 bridgehead atoms. The van der Waals surface area contributed by atoms with E-state index in [4.69, 9.17) is 4.74 Å². The Kier molecular flexibility index (Phi) is 5.26. The van der Waals surface area contributed by atoms with Crippen molar-refractivity contribution in [1.29, 1.82) is 0 Å². The van der Waals surface area contributed by atoms with Crippen molar-refractivity contribution in [2.24, 2.45) is 0 Å². The molecule has 22 heavy (non-hydrogen) atoms. The highest BCUT2D eigenvalue weighted by Crippen LogP contribution is 2.11. The molecule has 0 heterocycles. The van der Waals surface area contributed by atoms with Crippen molar-refractivity contribution in [2.45, 2.75) is 13.3 Å². The maximum Gasteiger partial charge on any atom is 0.333 e. The lowest BCUT2D eigenvalue weighted by molar-refractivity contribution is -0.138. The first-order chi connectivity index (χ1) is 10.6. The van der Waals surface area contributed by atoms with Gasteiger partial charge in [-0.1, -0.05) is 61.2 Å². The van der Waals surface area contributed by atoms with Gasteiger partial charge in [-0.15, -0.1) is 0 Å². The number of carbonyl (C=O) groups is 2. The van der Waals surface area contributed by atoms with Gasteiger partial charge in [-0.05, 0) is 12.5 Å². The number of ether oxygens (including phenoxy) is 1. The molecule has 0 aliphatic carbocycles. The summed E-state index contributed by atoms with van der Waals surface area (Å²) in [6.07, 6.45) is 0.610. The van der Waals surface area contributed by atoms with Crippen LogP contribution in [0.25, 0.3) is 0 Å². The number of ketones is 1. The lowest BCUT2D eigenvalue weighted by atomic mass is 10.0. The van der Waals surface area contributed by atoms with Gasteiger partial charge in [-0.25, -0.2) is 4.79 Å². The van der Waals surface area contributed by atoms with Crippen molar-refractivity contribution in [1.82, 2.24) is 0 Å². The van der Waals surface area contributed by atoms with Crippen molar-refractivity contribution in [3.8, 4) is 0 Å². The summed E-state index contributed by atoms with van der Waals surface area (Å²) in [7, 11) is 0. The number of esters is 1. The first kappa shape index (κ1) is 15.7. The lowest BCUT2D eigenvalue weighted by Crippen LogP contribution is -2.08. The summed E-state index contributed by atoms with van der Waals surface area (Å²) in [6, 6.07) is 16.5. The summed E-state index contributed by atoms with van der Waals surface area (Å²) < 4.78 is 5.05. The van der Waals surface area contributed by atoms with Gasteiger partial charge in [0, 0.05) is 23.1 Å². The van der Waals surface area contributed by atoms with Crippen LogP contribution in [0.3, 0.4) is 0 Å². The van der Waals surface area contributed by atoms with Gasteiger partial charge in [0.1, 0.15) is 0 Å². The van der Waals surface area contributed by atoms with E-state index in [1.54, 1.807) is 31.2 Å². The Labute approximate surface area is 130 Å². The zero-order valence-corrected chi connectivity index (χ0v) is 12.5. The SMILES string of the molecule is C=C(C)C(=O)OCCc1ccc(C(=O)c2ccccc2)cc1. The minimum absolute atomic E-state index is 0.000796. The van der Waals surface area contributed by atoms with Gasteiger partial charge in [0.15, 0.2) is 5.78 Å². The van der Waals surface area contributed by atoms with Gasteiger partial charge in [-0.2, -0.15) is 0 Å². The first-order valence-corrected chi connectivity index (χ1v) is 7.09. The second kappa shape index (κ2) is 7.36. The molecule has 2 aromatic rings. The maximum absolute atomic E-state index is 12.3. The van der Waals surface area contributed by atoms with Crippen LogP contribution in [0.15, 0.2) is 66.7 Å². The van der Waals surface area contributed by atoms with Crippen molar-refractivity contribution < 1.29 is 14.3 Å². The van der Waals surface area contributed by atoms with Crippen LogP contribution in [0.5, 0.6) is 0 Å². The van der Waals surface area contributed by atoms with E-state index in [2.05, 4.69) is 6.58 Å². The van der Waals surface area contributed by atoms with Crippen LogP contribution in [0.1, 0.15) is 28.4 Å². The Morgan fingerprint density at radius 1 is 0.955 bits per heavy atom. The standard InChI is InChI=1S/C19H18O3/c1-14(2)19(21)22-13-12-15-8-10-17(11-9-15)18(20)16-6-4-3-5-7-16/h3-11H,1,12-13H2,2H3. The molecule has 112 valence electrons. The summed E-state index contributed by atoms with van der Waals surface area (Å²) in [5, 5.41) is 0. The molecule has 0 aromatic heterocycles. The summed E-state index contributed by atoms with van der Waals surface area (Å²) in [6.45, 7) is 5.45. The van der Waals surface area contributed by atoms with Crippen LogP contribution < -0.4 is 0 Å². The minimum Gasteiger partial charge on any atom is -0.462 e. The van der Waals surface area contributed by atoms with E-state index in [1.807, 2.05) is 30.3 Å². The average molecular weight is 294 g/mol. The minimum atomic E-state index is -0.379. The molecule has 0 fully saturated rings. The fourth-order valence-corrected chi connectivity index (χ4v) is 1.96. The van der Waals surface area contributed by atoms with E-state index >= 15 is 0 Å². The molecule has 0 N–H and O–H groups in total. The Balaban J connectivity index is 1.94. The molecule has 0 spiro atoms. The Morgan fingerprint density at radius 3 is 2.14 bits per heavy atom. The normalized spacial score (nSPS) is 10.0. The third-order valence-corrected chi connectivity index (χ3v) is 3.22. The van der Waals surface area contributed by atoms with Crippen LogP contribution in [0.4, 0.5) is 0 Å². The molecule has 0 aliphatic heterocycles. The topological polar surface area (TPSA) is 43.4 Å². The van der Waals surface area contributed by atoms with Crippen molar-refractivity contribution in [3.05, 3.63) is 83.4 Å². The van der Waals surface area contributed by atoms with Gasteiger partial charge in [0.25, 0.3) is 0 Å². The van der Waals surface area contributed by atoms with E-state index in [0.717, 1.165) is 5.56 Å². The van der Waals surface area contributed by atoms with E-state index in [0.29, 0.717) is 29.7 Å². The number of hydrogen-bond acceptors (Lipinski definition) is 3. The molecule has 0 saturated heterocycles. The molecule has 2 aromatic carbocycles. The van der Waals surface area contributed by atoms with Gasteiger partial charge in [0.2, 0.25) is 0 Å². The monoisotopic (exact) mass is 294 g/mol. The number of rotatable bonds is 6. The zero-order valence-electron chi connectivity index (χ0n) is 12.5. The summed E-state index contributed by atoms with van der Waals surface area (Å²) in [5.74, 6) is -0.378. The van der Waals surface area contributed by atoms with Crippen LogP contribution in [-0.2, 0) is 16.0 Å². The van der Waals surface area contributed by atoms with Gasteiger partial charge in [0.05, 0.1) is 6.61 Å². The first-order valence-electron chi connectivity index (χ1n) is 7.09. The summed E-state index contributed by atoms with van der Waals surface area (Å²) >= 11 is 0. The Bertz CT molecular complexity index is 670. The zero-order chi connectivity index (χ0) is 15.9. The van der Waals surface area contributed by atoms with Gasteiger partial charge in [-0.3, -0.25) is 4.79 Å². The number of carbonyl (C=O) groups excluding carboxylic acids is 2. The van der Waals surface area contributed by atoms with Crippen molar-refractivity contribution >= 4 is 11.8 Å². The molecule has 0 saturated carbocycles. The van der Waals surface area contributed by atoms with E-state index < -0.39 is 0 Å². The quantitative estimate of drug-likeness (QED) is 0.464. The average Bonchev–Trinajstić information content (AvgIpc) is 2.55. The Hall–Kier alpha value is -2.68. The molecule has 3 heteroatoms. The fraction of sp³-hybridized carbons (Fsp3) is 0.158. The van der Waals surface area contributed by atoms with Crippen LogP contribution >= 0.6 is 0 Å². The molecular formula is C19H18O3. The number of benzene rings is 2. The van der Waals surface area contributed by atoms with Crippen LogP contribution in [0.2, 0.25) is 0 Å². The molecule has 0 radical (unpaired) electrons. The molecule has 0 aliphatic rings. The summed E-state index contributed by atoms with van der Waals surface area (Å²) in [4.78, 5) is 23.5. The highest BCUT2D eigenvalue weighted by atomic mass is 16.5. The molecule has 3 nitrogen and oxygen atoms in total. The van der Waals surface area contributed by atoms with E-state index in [9.17, 15) is 9.59 Å². The number of hydrogen-bond donors (Lipinski definition) is 0. The predicted molar refractivity (Wildman–Crippen MR) is 85.8 cm³/mol. The highest BCUT2D eigenvalue weighted by molar-refractivity contribution is 6.08. The van der Waals surface area contributed by atoms with Gasteiger partial charge >= 0.3 is 5.97 Å². The molecule has 0 amide bonds. The predicted octanol–water partition coefficient (Wildman–Crippen LogP) is 3.58. The van der Waals surface area contributed by atoms with Crippen molar-refractivity contribution in [2.75, 3.05) is 6.61 Å². The smallest absolute Gasteiger partial charge is 0.333 e. The van der Waals surface area contributed by atoms with E-state index in [1.165, 1.54) is 0 Å². The van der Waals surface area contributed by atoms with E-state index in [-0.39, 0.29) is 11.8 Å². The summed E-state index contributed by atoms with van der Waals surface area (Å²) in [5.41, 5.74) is 2.72. The molecular weight excluding hydrogens is 276 g/mol. The highest BCUT2D eigenvalue weighted by Gasteiger charge is 2.08.